The number of hydrogen-bond acceptors (Lipinski definition) is 1. The van der Waals surface area contributed by atoms with Crippen LogP contribution in [0.4, 0.5) is 8.78 Å². The Morgan fingerprint density at radius 1 is 0.788 bits per heavy atom. The molecule has 1 unspecified atom stereocenters. The van der Waals surface area contributed by atoms with Crippen LogP contribution < -0.4 is 4.74 Å². The van der Waals surface area contributed by atoms with Crippen molar-refractivity contribution in [1.29, 1.82) is 0 Å². The van der Waals surface area contributed by atoms with Crippen molar-refractivity contribution in [3.8, 4) is 16.9 Å². The standard InChI is InChI=1S/C30H32F2O/c1-20-7-8-23-16-24(10-9-22(23)15-20)25-11-13-27(28(31)17-25)26-12-14-30(29(32)18-26)33-19-21-5-3-2-4-6-21/h2-6,11-14,17-18,20,22-24H,7-10,15-16,19H2,1H3/t20?,22-,23-,24-/m1/s1. The van der Waals surface area contributed by atoms with E-state index in [0.29, 0.717) is 23.7 Å². The summed E-state index contributed by atoms with van der Waals surface area (Å²) in [7, 11) is 0. The highest BCUT2D eigenvalue weighted by molar-refractivity contribution is 5.65. The Balaban J connectivity index is 1.28. The molecule has 0 aliphatic heterocycles. The maximum atomic E-state index is 15.1. The first-order chi connectivity index (χ1) is 16.1. The van der Waals surface area contributed by atoms with Crippen LogP contribution in [0.3, 0.4) is 0 Å². The molecular formula is C30H32F2O. The number of rotatable bonds is 5. The molecule has 0 spiro atoms. The van der Waals surface area contributed by atoms with Crippen molar-refractivity contribution >= 4 is 0 Å². The summed E-state index contributed by atoms with van der Waals surface area (Å²) in [6.07, 6.45) is 7.60. The van der Waals surface area contributed by atoms with E-state index in [0.717, 1.165) is 35.3 Å². The second kappa shape index (κ2) is 9.67. The van der Waals surface area contributed by atoms with Crippen molar-refractivity contribution in [2.24, 2.45) is 17.8 Å². The molecule has 2 fully saturated rings. The molecule has 3 aromatic rings. The molecule has 0 N–H and O–H groups in total. The van der Waals surface area contributed by atoms with Gasteiger partial charge in [0.1, 0.15) is 12.4 Å². The van der Waals surface area contributed by atoms with Crippen LogP contribution in [0.2, 0.25) is 0 Å². The van der Waals surface area contributed by atoms with E-state index in [1.807, 2.05) is 42.5 Å². The molecule has 2 aliphatic carbocycles. The van der Waals surface area contributed by atoms with Gasteiger partial charge < -0.3 is 4.74 Å². The van der Waals surface area contributed by atoms with E-state index in [4.69, 9.17) is 4.74 Å². The molecule has 0 bridgehead atoms. The Morgan fingerprint density at radius 3 is 2.36 bits per heavy atom. The maximum absolute atomic E-state index is 15.1. The summed E-state index contributed by atoms with van der Waals surface area (Å²) in [6, 6.07) is 19.9. The molecule has 0 amide bonds. The molecule has 3 aromatic carbocycles. The van der Waals surface area contributed by atoms with Crippen LogP contribution in [0.15, 0.2) is 66.7 Å². The molecular weight excluding hydrogens is 414 g/mol. The van der Waals surface area contributed by atoms with Gasteiger partial charge in [0.2, 0.25) is 0 Å². The van der Waals surface area contributed by atoms with Crippen molar-refractivity contribution < 1.29 is 13.5 Å². The summed E-state index contributed by atoms with van der Waals surface area (Å²) in [6.45, 7) is 2.67. The van der Waals surface area contributed by atoms with Gasteiger partial charge >= 0.3 is 0 Å². The van der Waals surface area contributed by atoms with E-state index in [2.05, 4.69) is 6.92 Å². The van der Waals surface area contributed by atoms with Crippen molar-refractivity contribution in [2.75, 3.05) is 0 Å². The van der Waals surface area contributed by atoms with E-state index in [9.17, 15) is 4.39 Å². The van der Waals surface area contributed by atoms with Crippen molar-refractivity contribution in [2.45, 2.75) is 58.0 Å². The first-order valence-electron chi connectivity index (χ1n) is 12.3. The Kier molecular flexibility index (Phi) is 6.48. The topological polar surface area (TPSA) is 9.23 Å². The normalized spacial score (nSPS) is 24.8. The van der Waals surface area contributed by atoms with E-state index in [-0.39, 0.29) is 11.6 Å². The minimum atomic E-state index is -0.475. The van der Waals surface area contributed by atoms with E-state index >= 15 is 4.39 Å². The number of fused-ring (bicyclic) bond motifs is 1. The SMILES string of the molecule is CC1CC[C@@H]2C[C@H](c3ccc(-c4ccc(OCc5ccccc5)c(F)c4)c(F)c3)CC[C@@H]2C1. The maximum Gasteiger partial charge on any atom is 0.165 e. The fourth-order valence-corrected chi connectivity index (χ4v) is 5.97. The van der Waals surface area contributed by atoms with Crippen LogP contribution in [0.25, 0.3) is 11.1 Å². The summed E-state index contributed by atoms with van der Waals surface area (Å²) in [5.41, 5.74) is 3.04. The molecule has 0 heterocycles. The van der Waals surface area contributed by atoms with Gasteiger partial charge in [-0.1, -0.05) is 61.9 Å². The molecule has 33 heavy (non-hydrogen) atoms. The van der Waals surface area contributed by atoms with Gasteiger partial charge in [0.25, 0.3) is 0 Å². The highest BCUT2D eigenvalue weighted by Crippen LogP contribution is 2.47. The quantitative estimate of drug-likeness (QED) is 0.381. The fourth-order valence-electron chi connectivity index (χ4n) is 5.97. The van der Waals surface area contributed by atoms with Gasteiger partial charge in [-0.2, -0.15) is 0 Å². The number of ether oxygens (including phenoxy) is 1. The lowest BCUT2D eigenvalue weighted by Crippen LogP contribution is -2.29. The minimum Gasteiger partial charge on any atom is -0.486 e. The lowest BCUT2D eigenvalue weighted by molar-refractivity contribution is 0.124. The van der Waals surface area contributed by atoms with Crippen LogP contribution in [0.5, 0.6) is 5.75 Å². The van der Waals surface area contributed by atoms with Gasteiger partial charge in [-0.3, -0.25) is 0 Å². The lowest BCUT2D eigenvalue weighted by Gasteiger charge is -2.41. The van der Waals surface area contributed by atoms with E-state index in [1.165, 1.54) is 38.2 Å². The van der Waals surface area contributed by atoms with Crippen LogP contribution >= 0.6 is 0 Å². The molecule has 0 aromatic heterocycles. The van der Waals surface area contributed by atoms with Gasteiger partial charge in [0.05, 0.1) is 0 Å². The van der Waals surface area contributed by atoms with Crippen molar-refractivity contribution in [1.82, 2.24) is 0 Å². The molecule has 4 atom stereocenters. The second-order valence-electron chi connectivity index (χ2n) is 10.1. The monoisotopic (exact) mass is 446 g/mol. The van der Waals surface area contributed by atoms with Crippen molar-refractivity contribution in [3.63, 3.8) is 0 Å². The Morgan fingerprint density at radius 2 is 1.58 bits per heavy atom. The molecule has 0 radical (unpaired) electrons. The Labute approximate surface area is 195 Å². The zero-order valence-corrected chi connectivity index (χ0v) is 19.3. The minimum absolute atomic E-state index is 0.179. The number of benzene rings is 3. The summed E-state index contributed by atoms with van der Waals surface area (Å²) in [5, 5.41) is 0. The third-order valence-electron chi connectivity index (χ3n) is 7.82. The van der Waals surface area contributed by atoms with Crippen LogP contribution in [-0.4, -0.2) is 0 Å². The summed E-state index contributed by atoms with van der Waals surface area (Å²) < 4.78 is 35.4. The predicted molar refractivity (Wildman–Crippen MR) is 129 cm³/mol. The van der Waals surface area contributed by atoms with Gasteiger partial charge in [0, 0.05) is 5.56 Å². The molecule has 172 valence electrons. The van der Waals surface area contributed by atoms with Crippen molar-refractivity contribution in [3.05, 3.63) is 89.5 Å². The van der Waals surface area contributed by atoms with Gasteiger partial charge in [0.15, 0.2) is 11.6 Å². The van der Waals surface area contributed by atoms with Crippen LogP contribution in [-0.2, 0) is 6.61 Å². The average Bonchev–Trinajstić information content (AvgIpc) is 2.83. The zero-order chi connectivity index (χ0) is 22.8. The van der Waals surface area contributed by atoms with Gasteiger partial charge in [-0.05, 0) is 90.7 Å². The average molecular weight is 447 g/mol. The highest BCUT2D eigenvalue weighted by atomic mass is 19.1. The molecule has 1 nitrogen and oxygen atoms in total. The molecule has 2 aliphatic rings. The predicted octanol–water partition coefficient (Wildman–Crippen LogP) is 8.53. The smallest absolute Gasteiger partial charge is 0.165 e. The molecule has 5 rings (SSSR count). The summed E-state index contributed by atoms with van der Waals surface area (Å²) in [4.78, 5) is 0. The van der Waals surface area contributed by atoms with Crippen LogP contribution in [0.1, 0.15) is 62.5 Å². The highest BCUT2D eigenvalue weighted by Gasteiger charge is 2.35. The Hall–Kier alpha value is -2.68. The lowest BCUT2D eigenvalue weighted by atomic mass is 9.64. The summed E-state index contributed by atoms with van der Waals surface area (Å²) in [5.74, 6) is 2.38. The first kappa shape index (κ1) is 22.1. The molecule has 0 saturated heterocycles. The van der Waals surface area contributed by atoms with Gasteiger partial charge in [-0.15, -0.1) is 0 Å². The largest absolute Gasteiger partial charge is 0.486 e. The second-order valence-corrected chi connectivity index (χ2v) is 10.1. The zero-order valence-electron chi connectivity index (χ0n) is 19.3. The molecule has 2 saturated carbocycles. The van der Waals surface area contributed by atoms with E-state index in [1.54, 1.807) is 18.2 Å². The molecule has 3 heteroatoms. The number of hydrogen-bond donors (Lipinski definition) is 0. The third-order valence-corrected chi connectivity index (χ3v) is 7.82. The summed E-state index contributed by atoms with van der Waals surface area (Å²) >= 11 is 0. The number of halogens is 2. The Bertz CT molecular complexity index is 1090. The third kappa shape index (κ3) is 4.98. The fraction of sp³-hybridized carbons (Fsp3) is 0.400. The van der Waals surface area contributed by atoms with Crippen LogP contribution in [0, 0.1) is 29.4 Å². The van der Waals surface area contributed by atoms with E-state index < -0.39 is 5.82 Å². The van der Waals surface area contributed by atoms with Gasteiger partial charge in [-0.25, -0.2) is 8.78 Å². The first-order valence-corrected chi connectivity index (χ1v) is 12.3.